The standard InChI is InChI=1S/C14H28O/c1-7-13(15)12(3)9-8-11(2)10-14(4,5)6/h9,11,13,15H,7-8,10H2,1-6H3/b12-9+. The molecule has 0 aromatic carbocycles. The first-order chi connectivity index (χ1) is 6.76. The van der Waals surface area contributed by atoms with E-state index < -0.39 is 0 Å². The molecular weight excluding hydrogens is 184 g/mol. The van der Waals surface area contributed by atoms with Crippen LogP contribution in [0, 0.1) is 11.3 Å². The van der Waals surface area contributed by atoms with E-state index in [1.807, 2.05) is 13.8 Å². The fraction of sp³-hybridized carbons (Fsp3) is 0.857. The van der Waals surface area contributed by atoms with Gasteiger partial charge in [-0.15, -0.1) is 0 Å². The number of allylic oxidation sites excluding steroid dienone is 1. The summed E-state index contributed by atoms with van der Waals surface area (Å²) in [6.45, 7) is 13.2. The Balaban J connectivity index is 4.03. The van der Waals surface area contributed by atoms with Gasteiger partial charge >= 0.3 is 0 Å². The Morgan fingerprint density at radius 3 is 2.27 bits per heavy atom. The van der Waals surface area contributed by atoms with E-state index >= 15 is 0 Å². The van der Waals surface area contributed by atoms with Crippen LogP contribution in [0.5, 0.6) is 0 Å². The molecule has 0 saturated carbocycles. The van der Waals surface area contributed by atoms with Gasteiger partial charge in [-0.2, -0.15) is 0 Å². The van der Waals surface area contributed by atoms with Gasteiger partial charge in [0, 0.05) is 0 Å². The molecule has 0 spiro atoms. The Hall–Kier alpha value is -0.300. The summed E-state index contributed by atoms with van der Waals surface area (Å²) in [7, 11) is 0. The lowest BCUT2D eigenvalue weighted by molar-refractivity contribution is 0.205. The molecule has 0 aliphatic rings. The van der Waals surface area contributed by atoms with Crippen LogP contribution in [0.4, 0.5) is 0 Å². The molecule has 0 rings (SSSR count). The first-order valence-corrected chi connectivity index (χ1v) is 6.11. The first kappa shape index (κ1) is 14.7. The highest BCUT2D eigenvalue weighted by atomic mass is 16.3. The third-order valence-electron chi connectivity index (χ3n) is 2.72. The number of aliphatic hydroxyl groups excluding tert-OH is 1. The molecule has 90 valence electrons. The van der Waals surface area contributed by atoms with Crippen molar-refractivity contribution >= 4 is 0 Å². The molecule has 0 bridgehead atoms. The zero-order chi connectivity index (χ0) is 12.1. The normalized spacial score (nSPS) is 17.7. The Kier molecular flexibility index (Phi) is 6.19. The van der Waals surface area contributed by atoms with E-state index in [0.717, 1.165) is 18.4 Å². The van der Waals surface area contributed by atoms with Crippen LogP contribution < -0.4 is 0 Å². The van der Waals surface area contributed by atoms with Gasteiger partial charge in [0.05, 0.1) is 6.10 Å². The lowest BCUT2D eigenvalue weighted by Gasteiger charge is -2.22. The monoisotopic (exact) mass is 212 g/mol. The van der Waals surface area contributed by atoms with Crippen molar-refractivity contribution < 1.29 is 5.11 Å². The van der Waals surface area contributed by atoms with Gasteiger partial charge in [-0.3, -0.25) is 0 Å². The molecule has 1 heteroatoms. The zero-order valence-electron chi connectivity index (χ0n) is 11.3. The summed E-state index contributed by atoms with van der Waals surface area (Å²) in [6, 6.07) is 0. The third kappa shape index (κ3) is 7.61. The van der Waals surface area contributed by atoms with E-state index in [0.29, 0.717) is 11.3 Å². The SMILES string of the molecule is CCC(O)/C(C)=C/CC(C)CC(C)(C)C. The van der Waals surface area contributed by atoms with Crippen molar-refractivity contribution in [3.05, 3.63) is 11.6 Å². The second-order valence-electron chi connectivity index (χ2n) is 5.98. The summed E-state index contributed by atoms with van der Waals surface area (Å²) < 4.78 is 0. The first-order valence-electron chi connectivity index (χ1n) is 6.11. The van der Waals surface area contributed by atoms with Crippen molar-refractivity contribution in [2.75, 3.05) is 0 Å². The van der Waals surface area contributed by atoms with E-state index in [1.165, 1.54) is 6.42 Å². The van der Waals surface area contributed by atoms with E-state index in [-0.39, 0.29) is 6.10 Å². The van der Waals surface area contributed by atoms with Gasteiger partial charge in [0.2, 0.25) is 0 Å². The summed E-state index contributed by atoms with van der Waals surface area (Å²) in [5.74, 6) is 0.698. The summed E-state index contributed by atoms with van der Waals surface area (Å²) in [5, 5.41) is 9.60. The number of aliphatic hydroxyl groups is 1. The molecule has 0 aliphatic heterocycles. The molecule has 0 heterocycles. The maximum atomic E-state index is 9.60. The predicted molar refractivity (Wildman–Crippen MR) is 67.9 cm³/mol. The van der Waals surface area contributed by atoms with Crippen molar-refractivity contribution in [2.24, 2.45) is 11.3 Å². The van der Waals surface area contributed by atoms with Crippen molar-refractivity contribution in [1.82, 2.24) is 0 Å². The smallest absolute Gasteiger partial charge is 0.0744 e. The molecule has 0 fully saturated rings. The second-order valence-corrected chi connectivity index (χ2v) is 5.98. The summed E-state index contributed by atoms with van der Waals surface area (Å²) in [4.78, 5) is 0. The quantitative estimate of drug-likeness (QED) is 0.678. The minimum Gasteiger partial charge on any atom is -0.389 e. The maximum Gasteiger partial charge on any atom is 0.0744 e. The average Bonchev–Trinajstić information content (AvgIpc) is 2.10. The van der Waals surface area contributed by atoms with Gasteiger partial charge in [0.25, 0.3) is 0 Å². The van der Waals surface area contributed by atoms with Crippen LogP contribution in [-0.2, 0) is 0 Å². The molecule has 0 saturated heterocycles. The van der Waals surface area contributed by atoms with Crippen LogP contribution in [-0.4, -0.2) is 11.2 Å². The molecule has 0 amide bonds. The lowest BCUT2D eigenvalue weighted by atomic mass is 9.84. The van der Waals surface area contributed by atoms with E-state index in [2.05, 4.69) is 33.8 Å². The average molecular weight is 212 g/mol. The molecule has 1 nitrogen and oxygen atoms in total. The summed E-state index contributed by atoms with van der Waals surface area (Å²) >= 11 is 0. The zero-order valence-corrected chi connectivity index (χ0v) is 11.3. The summed E-state index contributed by atoms with van der Waals surface area (Å²) in [6.07, 6.45) is 5.09. The molecule has 0 aliphatic carbocycles. The van der Waals surface area contributed by atoms with Crippen LogP contribution in [0.15, 0.2) is 11.6 Å². The molecule has 2 unspecified atom stereocenters. The Bertz CT molecular complexity index is 198. The van der Waals surface area contributed by atoms with Crippen molar-refractivity contribution in [2.45, 2.75) is 66.9 Å². The minimum absolute atomic E-state index is 0.244. The van der Waals surface area contributed by atoms with Gasteiger partial charge in [-0.05, 0) is 43.1 Å². The molecule has 2 atom stereocenters. The van der Waals surface area contributed by atoms with Gasteiger partial charge in [0.15, 0.2) is 0 Å². The third-order valence-corrected chi connectivity index (χ3v) is 2.72. The predicted octanol–water partition coefficient (Wildman–Crippen LogP) is 4.17. The van der Waals surface area contributed by atoms with E-state index in [1.54, 1.807) is 0 Å². The molecule has 0 aromatic heterocycles. The van der Waals surface area contributed by atoms with Crippen LogP contribution >= 0.6 is 0 Å². The Morgan fingerprint density at radius 2 is 1.87 bits per heavy atom. The van der Waals surface area contributed by atoms with Gasteiger partial charge in [-0.25, -0.2) is 0 Å². The van der Waals surface area contributed by atoms with Crippen molar-refractivity contribution in [3.63, 3.8) is 0 Å². The van der Waals surface area contributed by atoms with Crippen LogP contribution in [0.25, 0.3) is 0 Å². The fourth-order valence-electron chi connectivity index (χ4n) is 1.97. The molecule has 1 N–H and O–H groups in total. The van der Waals surface area contributed by atoms with Crippen LogP contribution in [0.2, 0.25) is 0 Å². The Labute approximate surface area is 95.6 Å². The van der Waals surface area contributed by atoms with Gasteiger partial charge in [0.1, 0.15) is 0 Å². The van der Waals surface area contributed by atoms with E-state index in [4.69, 9.17) is 0 Å². The Morgan fingerprint density at radius 1 is 1.33 bits per heavy atom. The molecule has 0 radical (unpaired) electrons. The maximum absolute atomic E-state index is 9.60. The van der Waals surface area contributed by atoms with Gasteiger partial charge in [-0.1, -0.05) is 40.7 Å². The second kappa shape index (κ2) is 6.32. The highest BCUT2D eigenvalue weighted by Gasteiger charge is 2.14. The minimum atomic E-state index is -0.244. The number of hydrogen-bond donors (Lipinski definition) is 1. The van der Waals surface area contributed by atoms with Crippen LogP contribution in [0.3, 0.4) is 0 Å². The summed E-state index contributed by atoms with van der Waals surface area (Å²) in [5.41, 5.74) is 1.53. The molecule has 15 heavy (non-hydrogen) atoms. The highest BCUT2D eigenvalue weighted by Crippen LogP contribution is 2.26. The van der Waals surface area contributed by atoms with Crippen LogP contribution in [0.1, 0.15) is 60.8 Å². The lowest BCUT2D eigenvalue weighted by Crippen LogP contribution is -2.11. The fourth-order valence-corrected chi connectivity index (χ4v) is 1.97. The topological polar surface area (TPSA) is 20.2 Å². The number of rotatable bonds is 5. The largest absolute Gasteiger partial charge is 0.389 e. The highest BCUT2D eigenvalue weighted by molar-refractivity contribution is 5.04. The molecule has 0 aromatic rings. The molecular formula is C14H28O. The number of hydrogen-bond acceptors (Lipinski definition) is 1. The van der Waals surface area contributed by atoms with Gasteiger partial charge < -0.3 is 5.11 Å². The van der Waals surface area contributed by atoms with E-state index in [9.17, 15) is 5.11 Å². The van der Waals surface area contributed by atoms with Crippen molar-refractivity contribution in [3.8, 4) is 0 Å². The van der Waals surface area contributed by atoms with Crippen molar-refractivity contribution in [1.29, 1.82) is 0 Å².